The number of carboxylic acid groups (broad SMARTS) is 1. The Labute approximate surface area is 296 Å². The van der Waals surface area contributed by atoms with E-state index in [1.165, 1.54) is 12.1 Å². The molecule has 1 aliphatic heterocycles. The van der Waals surface area contributed by atoms with Crippen molar-refractivity contribution in [2.24, 2.45) is 0 Å². The number of carboxylic acids is 1. The molecular formula is C40H49N3O6Si. The zero-order valence-corrected chi connectivity index (χ0v) is 31.3. The molecule has 50 heavy (non-hydrogen) atoms. The lowest BCUT2D eigenvalue weighted by Crippen LogP contribution is -2.50. The largest absolute Gasteiger partial charge is 0.478 e. The second kappa shape index (κ2) is 15.1. The van der Waals surface area contributed by atoms with Gasteiger partial charge in [-0.3, -0.25) is 4.79 Å². The number of carbonyl (C=O) groups excluding carboxylic acids is 2. The van der Waals surface area contributed by atoms with Gasteiger partial charge in [-0.2, -0.15) is 5.10 Å². The molecule has 1 amide bonds. The SMILES string of the molecule is CCCCc1c(-c2ccc(C(=O)O)cc2C(=O)N2Cc3ccccc3CC2CO[Si](C)(C)C(C)(C)C)c(C(=O)OCC)nn1-c1ccccc1. The van der Waals surface area contributed by atoms with Crippen molar-refractivity contribution in [3.63, 3.8) is 0 Å². The predicted molar refractivity (Wildman–Crippen MR) is 197 cm³/mol. The van der Waals surface area contributed by atoms with Crippen molar-refractivity contribution in [3.05, 3.63) is 106 Å². The zero-order chi connectivity index (χ0) is 36.2. The van der Waals surface area contributed by atoms with Crippen LogP contribution in [0.4, 0.5) is 0 Å². The number of fused-ring (bicyclic) bond motifs is 1. The van der Waals surface area contributed by atoms with E-state index < -0.39 is 20.3 Å². The van der Waals surface area contributed by atoms with Crippen molar-refractivity contribution in [3.8, 4) is 16.8 Å². The minimum absolute atomic E-state index is 0.0191. The Morgan fingerprint density at radius 2 is 1.64 bits per heavy atom. The van der Waals surface area contributed by atoms with E-state index in [9.17, 15) is 14.7 Å². The topological polar surface area (TPSA) is 111 Å². The number of para-hydroxylation sites is 1. The molecule has 264 valence electrons. The van der Waals surface area contributed by atoms with Gasteiger partial charge < -0.3 is 19.2 Å². The monoisotopic (exact) mass is 695 g/mol. The van der Waals surface area contributed by atoms with Crippen LogP contribution < -0.4 is 0 Å². The van der Waals surface area contributed by atoms with E-state index in [1.54, 1.807) is 17.7 Å². The van der Waals surface area contributed by atoms with Gasteiger partial charge in [0.25, 0.3) is 5.91 Å². The Morgan fingerprint density at radius 1 is 0.960 bits per heavy atom. The van der Waals surface area contributed by atoms with E-state index in [1.807, 2.05) is 53.4 Å². The van der Waals surface area contributed by atoms with Gasteiger partial charge in [0.05, 0.1) is 36.2 Å². The Balaban J connectivity index is 1.71. The highest BCUT2D eigenvalue weighted by Gasteiger charge is 2.40. The summed E-state index contributed by atoms with van der Waals surface area (Å²) in [5.41, 5.74) is 4.89. The first-order valence-electron chi connectivity index (χ1n) is 17.5. The molecule has 0 fully saturated rings. The molecule has 4 aromatic rings. The fraction of sp³-hybridized carbons (Fsp3) is 0.400. The maximum Gasteiger partial charge on any atom is 0.359 e. The molecule has 1 N–H and O–H groups in total. The van der Waals surface area contributed by atoms with E-state index in [2.05, 4.69) is 46.9 Å². The third kappa shape index (κ3) is 7.61. The molecule has 1 unspecified atom stereocenters. The van der Waals surface area contributed by atoms with Crippen LogP contribution in [0.15, 0.2) is 72.8 Å². The first-order chi connectivity index (χ1) is 23.8. The Morgan fingerprint density at radius 3 is 2.28 bits per heavy atom. The summed E-state index contributed by atoms with van der Waals surface area (Å²) in [7, 11) is -2.17. The number of benzene rings is 3. The number of aromatic carboxylic acids is 1. The average Bonchev–Trinajstić information content (AvgIpc) is 3.48. The molecule has 0 radical (unpaired) electrons. The highest BCUT2D eigenvalue weighted by atomic mass is 28.4. The standard InChI is InChI=1S/C40H49N3O6Si/c1-8-10-20-34-35(36(39(47)48-9-2)41-43(34)30-18-12-11-13-19-30)32-22-21-28(38(45)46)24-33(32)37(44)42-25-29-17-15-14-16-27(29)23-31(42)26-49-50(6,7)40(3,4)5/h11-19,21-22,24,31H,8-10,20,23,25-26H2,1-7H3,(H,45,46). The molecule has 0 saturated carbocycles. The van der Waals surface area contributed by atoms with Crippen molar-refractivity contribution in [2.75, 3.05) is 13.2 Å². The van der Waals surface area contributed by atoms with Gasteiger partial charge in [-0.1, -0.05) is 82.6 Å². The number of esters is 1. The van der Waals surface area contributed by atoms with E-state index in [0.29, 0.717) is 37.1 Å². The van der Waals surface area contributed by atoms with Crippen LogP contribution >= 0.6 is 0 Å². The number of unbranched alkanes of at least 4 members (excludes halogenated alkanes) is 1. The Hall–Kier alpha value is -4.54. The van der Waals surface area contributed by atoms with Crippen LogP contribution in [-0.2, 0) is 28.5 Å². The van der Waals surface area contributed by atoms with Crippen LogP contribution in [-0.4, -0.2) is 65.2 Å². The summed E-state index contributed by atoms with van der Waals surface area (Å²) in [6.45, 7) is 15.6. The fourth-order valence-electron chi connectivity index (χ4n) is 6.16. The first-order valence-corrected chi connectivity index (χ1v) is 20.4. The molecule has 1 aliphatic rings. The first kappa shape index (κ1) is 36.7. The fourth-order valence-corrected chi connectivity index (χ4v) is 7.20. The number of amides is 1. The Kier molecular flexibility index (Phi) is 11.1. The molecule has 2 heterocycles. The molecule has 3 aromatic carbocycles. The Bertz CT molecular complexity index is 1860. The lowest BCUT2D eigenvalue weighted by molar-refractivity contribution is 0.0516. The summed E-state index contributed by atoms with van der Waals surface area (Å²) in [5.74, 6) is -2.09. The van der Waals surface area contributed by atoms with Crippen LogP contribution in [0.25, 0.3) is 16.8 Å². The molecular weight excluding hydrogens is 647 g/mol. The van der Waals surface area contributed by atoms with Gasteiger partial charge in [0.2, 0.25) is 0 Å². The molecule has 1 aromatic heterocycles. The smallest absolute Gasteiger partial charge is 0.359 e. The molecule has 0 aliphatic carbocycles. The highest BCUT2D eigenvalue weighted by Crippen LogP contribution is 2.39. The molecule has 9 nitrogen and oxygen atoms in total. The van der Waals surface area contributed by atoms with Crippen LogP contribution in [0.5, 0.6) is 0 Å². The molecule has 1 atom stereocenters. The van der Waals surface area contributed by atoms with Crippen LogP contribution in [0, 0.1) is 0 Å². The van der Waals surface area contributed by atoms with Gasteiger partial charge in [0, 0.05) is 17.7 Å². The minimum Gasteiger partial charge on any atom is -0.478 e. The van der Waals surface area contributed by atoms with Crippen LogP contribution in [0.3, 0.4) is 0 Å². The van der Waals surface area contributed by atoms with Gasteiger partial charge in [0.15, 0.2) is 14.0 Å². The zero-order valence-electron chi connectivity index (χ0n) is 30.3. The number of rotatable bonds is 12. The lowest BCUT2D eigenvalue weighted by Gasteiger charge is -2.41. The lowest BCUT2D eigenvalue weighted by atomic mass is 9.90. The quantitative estimate of drug-likeness (QED) is 0.117. The number of carbonyl (C=O) groups is 3. The van der Waals surface area contributed by atoms with Gasteiger partial charge in [-0.15, -0.1) is 0 Å². The van der Waals surface area contributed by atoms with Gasteiger partial charge in [0.1, 0.15) is 0 Å². The normalized spacial score (nSPS) is 14.7. The maximum absolute atomic E-state index is 15.1. The molecule has 0 spiro atoms. The summed E-state index contributed by atoms with van der Waals surface area (Å²) in [4.78, 5) is 42.9. The number of hydrogen-bond acceptors (Lipinski definition) is 6. The number of aromatic nitrogens is 2. The number of hydrogen-bond donors (Lipinski definition) is 1. The van der Waals surface area contributed by atoms with Crippen LogP contribution in [0.1, 0.15) is 95.5 Å². The van der Waals surface area contributed by atoms with Crippen molar-refractivity contribution in [1.82, 2.24) is 14.7 Å². The van der Waals surface area contributed by atoms with E-state index in [4.69, 9.17) is 14.3 Å². The average molecular weight is 696 g/mol. The summed E-state index contributed by atoms with van der Waals surface area (Å²) >= 11 is 0. The van der Waals surface area contributed by atoms with Crippen LogP contribution in [0.2, 0.25) is 18.1 Å². The van der Waals surface area contributed by atoms with Gasteiger partial charge >= 0.3 is 11.9 Å². The molecule has 0 saturated heterocycles. The van der Waals surface area contributed by atoms with Crippen molar-refractivity contribution in [1.29, 1.82) is 0 Å². The third-order valence-electron chi connectivity index (χ3n) is 10.0. The molecule has 0 bridgehead atoms. The number of nitrogens with zero attached hydrogens (tertiary/aromatic N) is 3. The molecule has 5 rings (SSSR count). The summed E-state index contributed by atoms with van der Waals surface area (Å²) in [6, 6.07) is 21.9. The van der Waals surface area contributed by atoms with E-state index in [0.717, 1.165) is 35.3 Å². The van der Waals surface area contributed by atoms with Crippen molar-refractivity contribution < 1.29 is 28.7 Å². The summed E-state index contributed by atoms with van der Waals surface area (Å²) in [6.07, 6.45) is 2.87. The summed E-state index contributed by atoms with van der Waals surface area (Å²) < 4.78 is 14.0. The van der Waals surface area contributed by atoms with E-state index in [-0.39, 0.29) is 40.4 Å². The third-order valence-corrected chi connectivity index (χ3v) is 14.5. The minimum atomic E-state index is -2.17. The van der Waals surface area contributed by atoms with Crippen molar-refractivity contribution in [2.45, 2.75) is 91.0 Å². The molecule has 10 heteroatoms. The van der Waals surface area contributed by atoms with Crippen molar-refractivity contribution >= 4 is 26.2 Å². The summed E-state index contributed by atoms with van der Waals surface area (Å²) in [5, 5.41) is 14.9. The maximum atomic E-state index is 15.1. The highest BCUT2D eigenvalue weighted by molar-refractivity contribution is 6.74. The number of ether oxygens (including phenoxy) is 1. The second-order valence-electron chi connectivity index (χ2n) is 14.4. The van der Waals surface area contributed by atoms with Gasteiger partial charge in [-0.05, 0) is 85.3 Å². The predicted octanol–water partition coefficient (Wildman–Crippen LogP) is 8.35. The van der Waals surface area contributed by atoms with E-state index >= 15 is 4.79 Å². The van der Waals surface area contributed by atoms with Gasteiger partial charge in [-0.25, -0.2) is 14.3 Å². The second-order valence-corrected chi connectivity index (χ2v) is 19.2.